The molecule has 0 aliphatic carbocycles. The Morgan fingerprint density at radius 3 is 1.34 bits per heavy atom. The van der Waals surface area contributed by atoms with Crippen LogP contribution in [0.4, 0.5) is 52.1 Å². The van der Waals surface area contributed by atoms with E-state index in [2.05, 4.69) is 53.6 Å². The zero-order valence-corrected chi connectivity index (χ0v) is 60.1. The lowest BCUT2D eigenvalue weighted by atomic mass is 9.80. The second-order valence-electron chi connectivity index (χ2n) is 25.3. The number of anilines is 2. The molecule has 6 N–H and O–H groups in total. The van der Waals surface area contributed by atoms with Gasteiger partial charge in [0.15, 0.2) is 0 Å². The van der Waals surface area contributed by atoms with Gasteiger partial charge in [0, 0.05) is 82.9 Å². The minimum Gasteiger partial charge on any atom is -0.444 e. The number of nitrogens with one attached hydrogen (secondary N) is 2. The lowest BCUT2D eigenvalue weighted by molar-refractivity contribution is 0.0184. The van der Waals surface area contributed by atoms with Crippen LogP contribution in [0.1, 0.15) is 64.3 Å². The fraction of sp³-hybridized carbons (Fsp3) is 0.282. The predicted octanol–water partition coefficient (Wildman–Crippen LogP) is 13.6. The molecular weight excluding hydrogens is 1480 g/mol. The summed E-state index contributed by atoms with van der Waals surface area (Å²) in [5, 5.41) is 40.2. The van der Waals surface area contributed by atoms with E-state index in [1.165, 1.54) is 78.9 Å². The molecule has 4 aromatic heterocycles. The number of urea groups is 1. The van der Waals surface area contributed by atoms with Gasteiger partial charge in [0.05, 0.1) is 107 Å². The molecule has 6 aromatic carbocycles. The third-order valence-electron chi connectivity index (χ3n) is 15.7. The van der Waals surface area contributed by atoms with Crippen molar-refractivity contribution in [2.45, 2.75) is 105 Å². The van der Waals surface area contributed by atoms with Crippen molar-refractivity contribution in [3.63, 3.8) is 0 Å². The third-order valence-corrected chi connectivity index (χ3v) is 17.2. The Labute approximate surface area is 609 Å². The number of rotatable bonds is 5. The average molecular weight is 1560 g/mol. The highest BCUT2D eigenvalue weighted by atomic mass is 127. The summed E-state index contributed by atoms with van der Waals surface area (Å²) in [6, 6.07) is 33.1. The molecule has 0 saturated carbocycles. The van der Waals surface area contributed by atoms with Gasteiger partial charge in [-0.1, -0.05) is 96.0 Å². The number of fused-ring (bicyclic) bond motifs is 4. The topological polar surface area (TPSA) is 241 Å². The third kappa shape index (κ3) is 20.5. The molecule has 0 saturated heterocycles. The van der Waals surface area contributed by atoms with E-state index < -0.39 is 35.8 Å². The minimum atomic E-state index is -1.72. The van der Waals surface area contributed by atoms with Crippen molar-refractivity contribution in [3.8, 4) is 33.4 Å². The fourth-order valence-corrected chi connectivity index (χ4v) is 11.7. The summed E-state index contributed by atoms with van der Waals surface area (Å²) < 4.78 is 99.4. The quantitative estimate of drug-likeness (QED) is 0.0467. The van der Waals surface area contributed by atoms with Gasteiger partial charge >= 0.3 is 25.3 Å². The van der Waals surface area contributed by atoms with Crippen molar-refractivity contribution in [3.05, 3.63) is 230 Å². The van der Waals surface area contributed by atoms with E-state index in [9.17, 15) is 40.7 Å². The first-order chi connectivity index (χ1) is 48.5. The van der Waals surface area contributed by atoms with Crippen LogP contribution in [0.25, 0.3) is 33.4 Å². The van der Waals surface area contributed by atoms with Crippen molar-refractivity contribution < 1.29 is 60.2 Å². The molecule has 0 unspecified atom stereocenters. The van der Waals surface area contributed by atoms with E-state index in [1.54, 1.807) is 86.5 Å². The van der Waals surface area contributed by atoms with Crippen molar-refractivity contribution in [2.75, 3.05) is 37.2 Å². The average Bonchev–Trinajstić information content (AvgIpc) is 1.64. The molecule has 8 heterocycles. The van der Waals surface area contributed by atoms with Crippen LogP contribution in [0, 0.1) is 38.5 Å². The lowest BCUT2D eigenvalue weighted by Crippen LogP contribution is -2.41. The van der Waals surface area contributed by atoms with Gasteiger partial charge < -0.3 is 50.6 Å². The molecule has 536 valence electrons. The Morgan fingerprint density at radius 1 is 0.500 bits per heavy atom. The Bertz CT molecular complexity index is 4570. The maximum Gasteiger partial charge on any atom is 0.491 e. The molecule has 0 spiro atoms. The maximum absolute atomic E-state index is 14.2. The first kappa shape index (κ1) is 76.8. The predicted molar refractivity (Wildman–Crippen MR) is 386 cm³/mol. The first-order valence-corrected chi connectivity index (χ1v) is 33.9. The molecule has 102 heavy (non-hydrogen) atoms. The van der Waals surface area contributed by atoms with Crippen molar-refractivity contribution >= 4 is 88.0 Å². The van der Waals surface area contributed by atoms with Gasteiger partial charge in [-0.05, 0) is 125 Å². The summed E-state index contributed by atoms with van der Waals surface area (Å²) in [6.45, 7) is 18.3. The molecule has 31 heteroatoms. The normalized spacial score (nSPS) is 13.5. The molecule has 21 nitrogen and oxygen atoms in total. The first-order valence-electron chi connectivity index (χ1n) is 32.1. The molecule has 0 bridgehead atoms. The van der Waals surface area contributed by atoms with Crippen LogP contribution in [-0.4, -0.2) is 127 Å². The Balaban J connectivity index is 0.000000148. The number of nitrogens with two attached hydrogens (primary N) is 1. The Hall–Kier alpha value is -9.40. The zero-order chi connectivity index (χ0) is 73.6. The van der Waals surface area contributed by atoms with E-state index in [0.29, 0.717) is 79.4 Å². The number of aromatic nitrogens is 8. The van der Waals surface area contributed by atoms with Crippen LogP contribution in [-0.2, 0) is 61.8 Å². The lowest BCUT2D eigenvalue weighted by Gasteiger charge is -2.30. The van der Waals surface area contributed by atoms with Gasteiger partial charge in [-0.2, -0.15) is 20.4 Å². The highest BCUT2D eigenvalue weighted by molar-refractivity contribution is 14.1. The second kappa shape index (κ2) is 34.5. The van der Waals surface area contributed by atoms with Crippen LogP contribution in [0.2, 0.25) is 10.0 Å². The van der Waals surface area contributed by atoms with Gasteiger partial charge in [-0.25, -0.2) is 40.7 Å². The number of nitrogens with zero attached hydrogens (tertiary/aromatic N) is 11. The smallest absolute Gasteiger partial charge is 0.444 e. The Morgan fingerprint density at radius 2 is 0.902 bits per heavy atom. The highest BCUT2D eigenvalue weighted by Crippen LogP contribution is 2.33. The van der Waals surface area contributed by atoms with Crippen LogP contribution in [0.3, 0.4) is 0 Å². The van der Waals surface area contributed by atoms with E-state index in [4.69, 9.17) is 48.5 Å². The highest BCUT2D eigenvalue weighted by Gasteiger charge is 2.31. The number of ether oxygens (including phenoxy) is 2. The van der Waals surface area contributed by atoms with Crippen LogP contribution >= 0.6 is 45.8 Å². The van der Waals surface area contributed by atoms with Gasteiger partial charge in [-0.15, -0.1) is 0 Å². The van der Waals surface area contributed by atoms with Crippen molar-refractivity contribution in [1.82, 2.24) is 59.1 Å². The Kier molecular flexibility index (Phi) is 26.0. The number of halogens is 9. The molecule has 4 aliphatic heterocycles. The summed E-state index contributed by atoms with van der Waals surface area (Å²) >= 11 is 13.3. The molecule has 4 aliphatic rings. The van der Waals surface area contributed by atoms with Crippen molar-refractivity contribution in [2.24, 2.45) is 0 Å². The number of nitrogen functional groups attached to an aromatic ring is 1. The van der Waals surface area contributed by atoms with Gasteiger partial charge in [0.25, 0.3) is 0 Å². The monoisotopic (exact) mass is 1560 g/mol. The number of benzene rings is 6. The molecule has 0 radical (unpaired) electrons. The van der Waals surface area contributed by atoms with E-state index in [1.807, 2.05) is 67.9 Å². The molecule has 0 fully saturated rings. The van der Waals surface area contributed by atoms with Crippen LogP contribution in [0.15, 0.2) is 158 Å². The molecule has 14 rings (SSSR count). The van der Waals surface area contributed by atoms with E-state index in [-0.39, 0.29) is 57.7 Å². The summed E-state index contributed by atoms with van der Waals surface area (Å²) in [6.07, 6.45) is 6.25. The van der Waals surface area contributed by atoms with Crippen LogP contribution in [0.5, 0.6) is 0 Å². The summed E-state index contributed by atoms with van der Waals surface area (Å²) in [7, 11) is -1.72. The molecule has 0 atom stereocenters. The SMILES string of the molecule is CC(C)(C)OC(=O)N1CCn2ncc(-c3ccccc3F)c2C1.CC(C)(C)OC(=O)N1CCn2ncc(I)c2C1.Fc1ccccc1-c1cnn2c1CNCC2.Nc1ccc(F)c(Cl)c1.O=C(Nc1ccc(F)c(Cl)c1)N1CCn2ncc(-c3ccccc3F)c2C1.OB(O)c1ccccc1F. The number of hydrogen-bond donors (Lipinski definition) is 5. The molecule has 10 aromatic rings. The van der Waals surface area contributed by atoms with Crippen molar-refractivity contribution in [1.29, 1.82) is 0 Å². The van der Waals surface area contributed by atoms with Gasteiger partial charge in [0.1, 0.15) is 46.1 Å². The second-order valence-corrected chi connectivity index (χ2v) is 27.3. The van der Waals surface area contributed by atoms with Gasteiger partial charge in [0.2, 0.25) is 0 Å². The number of carbonyl (C=O) groups is 3. The maximum atomic E-state index is 14.2. The number of amides is 4. The standard InChI is InChI=1S/C19H15ClF2N4O.C17H20FN3O2.C12H12FN3.C11H16IN3O2.C6H6BFO2.C6H5ClFN/c20-15-9-12(5-6-17(15)22)24-19(27)25-7-8-26-18(11-25)14(10-23-26)13-3-1-2-4-16(13)21;1-17(2,3)23-16(22)20-8-9-21-15(11-20)13(10-19-21)12-6-4-5-7-14(12)18;13-11-4-2-1-3-9(11)10-7-15-16-6-5-14-8-12(10)16;1-11(2,3)17-10(16)14-4-5-15-9(7-14)8(12)6-13-15;8-6-4-2-1-3-5(6)7(9)10;7-5-3-4(9)1-2-6(5)8/h1-6,9-10H,7-8,11H2,(H,24,27);4-7,10H,8-9,11H2,1-3H3;1-4,7,14H,5-6,8H2;6H,4-5,7H2,1-3H3;1-4,9-10H;1-3H,9H2. The summed E-state index contributed by atoms with van der Waals surface area (Å²) in [5.74, 6) is -2.41. The van der Waals surface area contributed by atoms with Gasteiger partial charge in [-0.3, -0.25) is 18.7 Å². The number of carbonyl (C=O) groups excluding carboxylic acids is 3. The minimum absolute atomic E-state index is 0.0636. The molecular formula is C71H74BCl2F6IN14O7. The summed E-state index contributed by atoms with van der Waals surface area (Å²) in [4.78, 5) is 41.7. The summed E-state index contributed by atoms with van der Waals surface area (Å²) in [5.41, 5.74) is 12.7. The zero-order valence-electron chi connectivity index (χ0n) is 56.4. The van der Waals surface area contributed by atoms with E-state index in [0.717, 1.165) is 63.7 Å². The fourth-order valence-electron chi connectivity index (χ4n) is 10.7. The molecule has 4 amide bonds. The number of hydrogen-bond acceptors (Lipinski definition) is 13. The largest absolute Gasteiger partial charge is 0.491 e. The van der Waals surface area contributed by atoms with E-state index >= 15 is 0 Å². The van der Waals surface area contributed by atoms with Crippen LogP contribution < -0.4 is 21.8 Å².